The van der Waals surface area contributed by atoms with Crippen LogP contribution in [-0.2, 0) is 21.5 Å². The van der Waals surface area contributed by atoms with Crippen molar-refractivity contribution in [3.05, 3.63) is 0 Å². The highest BCUT2D eigenvalue weighted by Gasteiger charge is 2.51. The molecule has 0 spiro atoms. The Morgan fingerprint density at radius 2 is 0.889 bits per heavy atom. The Morgan fingerprint density at radius 1 is 0.489 bits per heavy atom. The smallest absolute Gasteiger partial charge is 0.400 e. The van der Waals surface area contributed by atoms with Crippen LogP contribution < -0.4 is 0 Å². The second-order valence-corrected chi connectivity index (χ2v) is 21.5. The van der Waals surface area contributed by atoms with Crippen LogP contribution in [0.15, 0.2) is 0 Å². The molecule has 0 aromatic carbocycles. The molecule has 0 aliphatic carbocycles. The third kappa shape index (κ3) is 26.9. The van der Waals surface area contributed by atoms with Gasteiger partial charge >= 0.3 is 26.9 Å². The molecule has 0 aromatic rings. The topological polar surface area (TPSA) is 86.6 Å². The molecule has 0 bridgehead atoms. The van der Waals surface area contributed by atoms with Crippen molar-refractivity contribution in [2.24, 2.45) is 0 Å². The predicted molar refractivity (Wildman–Crippen MR) is 197 cm³/mol. The summed E-state index contributed by atoms with van der Waals surface area (Å²) >= 11 is 0. The summed E-state index contributed by atoms with van der Waals surface area (Å²) < 4.78 is 31.2. The van der Waals surface area contributed by atoms with Gasteiger partial charge in [0.2, 0.25) is 0 Å². The first-order chi connectivity index (χ1) is 21.9. The molecule has 7 nitrogen and oxygen atoms in total. The molecular formula is C35H78O7Si3. The van der Waals surface area contributed by atoms with Gasteiger partial charge in [-0.25, -0.2) is 0 Å². The van der Waals surface area contributed by atoms with Crippen molar-refractivity contribution in [2.45, 2.75) is 199 Å². The largest absolute Gasteiger partial charge is 0.490 e. The fourth-order valence-corrected chi connectivity index (χ4v) is 16.0. The quantitative estimate of drug-likeness (QED) is 0.0494. The first-order valence-corrected chi connectivity index (χ1v) is 24.9. The summed E-state index contributed by atoms with van der Waals surface area (Å²) in [5, 5.41) is 8.95. The first-order valence-electron chi connectivity index (χ1n) is 19.3. The van der Waals surface area contributed by atoms with Gasteiger partial charge in [-0.1, -0.05) is 162 Å². The van der Waals surface area contributed by atoms with Crippen LogP contribution >= 0.6 is 0 Å². The Bertz CT molecular complexity index is 608. The molecule has 0 aliphatic heterocycles. The minimum Gasteiger partial charge on any atom is -0.400 e. The van der Waals surface area contributed by atoms with Gasteiger partial charge in [0, 0.05) is 40.0 Å². The van der Waals surface area contributed by atoms with E-state index in [9.17, 15) is 4.80 Å². The monoisotopic (exact) mass is 695 g/mol. The van der Waals surface area contributed by atoms with Gasteiger partial charge < -0.3 is 31.4 Å². The molecule has 0 aliphatic rings. The number of hydrogen-bond acceptors (Lipinski definition) is 7. The van der Waals surface area contributed by atoms with Crippen molar-refractivity contribution >= 4 is 26.9 Å². The zero-order valence-corrected chi connectivity index (χ0v) is 33.9. The van der Waals surface area contributed by atoms with E-state index in [0.29, 0.717) is 18.7 Å². The van der Waals surface area contributed by atoms with Gasteiger partial charge in [0.25, 0.3) is 0 Å². The van der Waals surface area contributed by atoms with E-state index in [-0.39, 0.29) is 0 Å². The standard InChI is InChI=1S/C35H78O7Si3/c1-6-8-10-12-14-17-21-25-29-33-43(38-3)41-45(40-5,35-31-27-23-18-15-13-11-9-7-2)42-44(37,39-4)34-30-26-22-19-16-20-24-28-32-36/h36-37,43H,6-35H2,1-5H3. The maximum Gasteiger partial charge on any atom is 0.490 e. The molecule has 0 saturated heterocycles. The van der Waals surface area contributed by atoms with Gasteiger partial charge in [-0.3, -0.25) is 0 Å². The molecule has 0 fully saturated rings. The molecule has 272 valence electrons. The number of hydrogen-bond donors (Lipinski definition) is 2. The molecule has 0 aromatic heterocycles. The molecule has 0 radical (unpaired) electrons. The van der Waals surface area contributed by atoms with Crippen LogP contribution in [0.4, 0.5) is 0 Å². The normalized spacial score (nSPS) is 15.3. The van der Waals surface area contributed by atoms with E-state index >= 15 is 0 Å². The molecular weight excluding hydrogens is 617 g/mol. The van der Waals surface area contributed by atoms with Crippen LogP contribution in [0, 0.1) is 0 Å². The van der Waals surface area contributed by atoms with Gasteiger partial charge in [-0.05, 0) is 25.3 Å². The summed E-state index contributed by atoms with van der Waals surface area (Å²) in [6.45, 7) is 4.83. The average molecular weight is 695 g/mol. The molecule has 0 saturated carbocycles. The summed E-state index contributed by atoms with van der Waals surface area (Å²) in [4.78, 5) is 11.6. The second-order valence-electron chi connectivity index (χ2n) is 13.2. The highest BCUT2D eigenvalue weighted by Crippen LogP contribution is 2.28. The highest BCUT2D eigenvalue weighted by atomic mass is 28.5. The molecule has 45 heavy (non-hydrogen) atoms. The van der Waals surface area contributed by atoms with E-state index in [0.717, 1.165) is 57.4 Å². The van der Waals surface area contributed by atoms with E-state index < -0.39 is 26.9 Å². The molecule has 2 N–H and O–H groups in total. The number of unbranched alkanes of at least 4 members (excludes halogenated alkanes) is 23. The molecule has 10 heteroatoms. The lowest BCUT2D eigenvalue weighted by Gasteiger charge is -2.36. The van der Waals surface area contributed by atoms with Crippen molar-refractivity contribution in [1.82, 2.24) is 0 Å². The van der Waals surface area contributed by atoms with Crippen LogP contribution in [0.25, 0.3) is 0 Å². The molecule has 3 atom stereocenters. The lowest BCUT2D eigenvalue weighted by atomic mass is 10.1. The molecule has 0 heterocycles. The van der Waals surface area contributed by atoms with E-state index in [1.165, 1.54) is 116 Å². The Labute approximate surface area is 284 Å². The Morgan fingerprint density at radius 3 is 1.29 bits per heavy atom. The predicted octanol–water partition coefficient (Wildman–Crippen LogP) is 10.2. The van der Waals surface area contributed by atoms with E-state index in [1.54, 1.807) is 21.3 Å². The third-order valence-corrected chi connectivity index (χ3v) is 18.7. The summed E-state index contributed by atoms with van der Waals surface area (Å²) in [5.41, 5.74) is 0. The highest BCUT2D eigenvalue weighted by molar-refractivity contribution is 6.77. The van der Waals surface area contributed by atoms with Crippen molar-refractivity contribution < 1.29 is 31.4 Å². The first kappa shape index (κ1) is 45.4. The van der Waals surface area contributed by atoms with Gasteiger partial charge in [-0.2, -0.15) is 0 Å². The van der Waals surface area contributed by atoms with E-state index in [4.69, 9.17) is 26.6 Å². The van der Waals surface area contributed by atoms with Crippen LogP contribution in [0.2, 0.25) is 18.1 Å². The SMILES string of the molecule is CCCCCCCCCCC[SiH](OC)O[Si](CCCCCCCCCCC)(OC)O[Si](O)(CCCCCCCCCCO)OC. The van der Waals surface area contributed by atoms with Crippen LogP contribution in [0.1, 0.15) is 181 Å². The summed E-state index contributed by atoms with van der Waals surface area (Å²) in [7, 11) is -3.61. The van der Waals surface area contributed by atoms with Crippen LogP contribution in [0.3, 0.4) is 0 Å². The van der Waals surface area contributed by atoms with Crippen molar-refractivity contribution in [3.8, 4) is 0 Å². The molecule has 0 rings (SSSR count). The van der Waals surface area contributed by atoms with Gasteiger partial charge in [-0.15, -0.1) is 0 Å². The van der Waals surface area contributed by atoms with Gasteiger partial charge in [0.15, 0.2) is 0 Å². The minimum absolute atomic E-state index is 0.294. The zero-order chi connectivity index (χ0) is 33.3. The Balaban J connectivity index is 4.99. The summed E-state index contributed by atoms with van der Waals surface area (Å²) in [5.74, 6) is 0. The van der Waals surface area contributed by atoms with Crippen molar-refractivity contribution in [3.63, 3.8) is 0 Å². The lowest BCUT2D eigenvalue weighted by Crippen LogP contribution is -2.58. The fraction of sp³-hybridized carbons (Fsp3) is 1.00. The van der Waals surface area contributed by atoms with Gasteiger partial charge in [0.05, 0.1) is 0 Å². The van der Waals surface area contributed by atoms with Crippen LogP contribution in [-0.4, -0.2) is 64.7 Å². The Kier molecular flexibility index (Phi) is 33.2. The van der Waals surface area contributed by atoms with Crippen LogP contribution in [0.5, 0.6) is 0 Å². The maximum atomic E-state index is 11.6. The minimum atomic E-state index is -3.45. The summed E-state index contributed by atoms with van der Waals surface area (Å²) in [6, 6.07) is 2.18. The fourth-order valence-electron chi connectivity index (χ4n) is 5.98. The number of rotatable bonds is 37. The number of aliphatic hydroxyl groups excluding tert-OH is 1. The van der Waals surface area contributed by atoms with E-state index in [1.807, 2.05) is 0 Å². The maximum absolute atomic E-state index is 11.6. The zero-order valence-electron chi connectivity index (χ0n) is 30.7. The second kappa shape index (κ2) is 32.9. The van der Waals surface area contributed by atoms with E-state index in [2.05, 4.69) is 13.8 Å². The third-order valence-electron chi connectivity index (χ3n) is 9.05. The van der Waals surface area contributed by atoms with Crippen molar-refractivity contribution in [2.75, 3.05) is 27.9 Å². The summed E-state index contributed by atoms with van der Waals surface area (Å²) in [6.07, 6.45) is 31.6. The molecule has 0 amide bonds. The van der Waals surface area contributed by atoms with Crippen molar-refractivity contribution in [1.29, 1.82) is 0 Å². The molecule has 3 unspecified atom stereocenters. The average Bonchev–Trinajstić information content (AvgIpc) is 3.05. The number of aliphatic hydroxyl groups is 1. The van der Waals surface area contributed by atoms with Gasteiger partial charge in [0.1, 0.15) is 0 Å². The lowest BCUT2D eigenvalue weighted by molar-refractivity contribution is 0.112. The Hall–Kier alpha value is 0.371.